The van der Waals surface area contributed by atoms with Crippen molar-refractivity contribution in [1.29, 1.82) is 0 Å². The number of carbonyl (C=O) groups is 2. The molecule has 0 heterocycles. The van der Waals surface area contributed by atoms with Crippen molar-refractivity contribution in [3.05, 3.63) is 94.0 Å². The minimum Gasteiger partial charge on any atom is -0.354 e. The number of hydrogen-bond donors (Lipinski definition) is 1. The zero-order valence-electron chi connectivity index (χ0n) is 23.8. The molecule has 7 nitrogen and oxygen atoms in total. The molecule has 214 valence electrons. The first kappa shape index (κ1) is 31.2. The molecule has 0 spiro atoms. The van der Waals surface area contributed by atoms with Crippen LogP contribution in [0.4, 0.5) is 5.69 Å². The Bertz CT molecular complexity index is 1440. The predicted octanol–water partition coefficient (Wildman–Crippen LogP) is 5.79. The third kappa shape index (κ3) is 7.43. The van der Waals surface area contributed by atoms with E-state index in [-0.39, 0.29) is 17.3 Å². The van der Waals surface area contributed by atoms with Gasteiger partial charge in [0, 0.05) is 18.1 Å². The first-order valence-corrected chi connectivity index (χ1v) is 15.2. The van der Waals surface area contributed by atoms with Gasteiger partial charge in [0.1, 0.15) is 12.6 Å². The minimum atomic E-state index is -4.16. The summed E-state index contributed by atoms with van der Waals surface area (Å²) in [6, 6.07) is 18.2. The molecule has 3 aromatic rings. The molecule has 9 heteroatoms. The molecule has 0 saturated heterocycles. The minimum absolute atomic E-state index is 0.0566. The highest BCUT2D eigenvalue weighted by molar-refractivity contribution is 7.92. The highest BCUT2D eigenvalue weighted by Crippen LogP contribution is 2.31. The average Bonchev–Trinajstić information content (AvgIpc) is 2.92. The van der Waals surface area contributed by atoms with Gasteiger partial charge in [0.15, 0.2) is 0 Å². The van der Waals surface area contributed by atoms with Gasteiger partial charge in [0.05, 0.1) is 10.6 Å². The van der Waals surface area contributed by atoms with E-state index in [0.29, 0.717) is 22.8 Å². The fourth-order valence-electron chi connectivity index (χ4n) is 4.31. The number of benzene rings is 3. The van der Waals surface area contributed by atoms with Gasteiger partial charge in [0.25, 0.3) is 10.0 Å². The SMILES string of the molecule is CCCCNC(=O)[C@@H](C)N(Cc1ccccc1C)C(=O)CN(c1cccc(Cl)c1C)S(=O)(=O)c1ccc(C)cc1. The van der Waals surface area contributed by atoms with Gasteiger partial charge in [-0.15, -0.1) is 0 Å². The maximum absolute atomic E-state index is 14.1. The van der Waals surface area contributed by atoms with Crippen LogP contribution in [0.2, 0.25) is 5.02 Å². The van der Waals surface area contributed by atoms with Gasteiger partial charge in [-0.2, -0.15) is 0 Å². The second-order valence-electron chi connectivity index (χ2n) is 9.98. The van der Waals surface area contributed by atoms with E-state index in [1.54, 1.807) is 44.2 Å². The standard InChI is InChI=1S/C31H38ClN3O4S/c1-6-7-19-33-31(37)25(5)34(20-26-12-9-8-11-23(26)3)30(36)21-35(29-14-10-13-28(32)24(29)4)40(38,39)27-17-15-22(2)16-18-27/h8-18,25H,6-7,19-21H2,1-5H3,(H,33,37)/t25-/m1/s1. The third-order valence-corrected chi connectivity index (χ3v) is 9.18. The lowest BCUT2D eigenvalue weighted by Gasteiger charge is -2.33. The van der Waals surface area contributed by atoms with E-state index in [9.17, 15) is 18.0 Å². The lowest BCUT2D eigenvalue weighted by Crippen LogP contribution is -2.51. The molecule has 0 radical (unpaired) electrons. The van der Waals surface area contributed by atoms with Crippen LogP contribution in [0.5, 0.6) is 0 Å². The molecule has 40 heavy (non-hydrogen) atoms. The van der Waals surface area contributed by atoms with E-state index in [1.807, 2.05) is 45.0 Å². The highest BCUT2D eigenvalue weighted by atomic mass is 35.5. The molecule has 1 N–H and O–H groups in total. The van der Waals surface area contributed by atoms with E-state index in [4.69, 9.17) is 11.6 Å². The lowest BCUT2D eigenvalue weighted by molar-refractivity contribution is -0.139. The Morgan fingerprint density at radius 3 is 2.27 bits per heavy atom. The van der Waals surface area contributed by atoms with Gasteiger partial charge < -0.3 is 10.2 Å². The van der Waals surface area contributed by atoms with E-state index >= 15 is 0 Å². The number of anilines is 1. The zero-order valence-corrected chi connectivity index (χ0v) is 25.3. The molecule has 0 aromatic heterocycles. The van der Waals surface area contributed by atoms with Crippen molar-refractivity contribution < 1.29 is 18.0 Å². The first-order valence-electron chi connectivity index (χ1n) is 13.4. The van der Waals surface area contributed by atoms with Gasteiger partial charge in [-0.1, -0.05) is 73.0 Å². The van der Waals surface area contributed by atoms with Gasteiger partial charge in [-0.25, -0.2) is 8.42 Å². The molecule has 1 atom stereocenters. The molecule has 0 aliphatic rings. The van der Waals surface area contributed by atoms with Crippen molar-refractivity contribution in [2.24, 2.45) is 0 Å². The third-order valence-electron chi connectivity index (χ3n) is 6.99. The van der Waals surface area contributed by atoms with Crippen molar-refractivity contribution in [3.8, 4) is 0 Å². The number of halogens is 1. The smallest absolute Gasteiger partial charge is 0.264 e. The Morgan fingerprint density at radius 2 is 1.62 bits per heavy atom. The van der Waals surface area contributed by atoms with Gasteiger partial charge in [-0.05, 0) is 75.1 Å². The Balaban J connectivity index is 2.05. The molecule has 0 fully saturated rings. The molecule has 0 bridgehead atoms. The van der Waals surface area contributed by atoms with Crippen molar-refractivity contribution >= 4 is 39.1 Å². The van der Waals surface area contributed by atoms with Gasteiger partial charge >= 0.3 is 0 Å². The van der Waals surface area contributed by atoms with E-state index in [0.717, 1.165) is 33.8 Å². The summed E-state index contributed by atoms with van der Waals surface area (Å²) in [6.45, 7) is 9.38. The number of aryl methyl sites for hydroxylation is 2. The summed E-state index contributed by atoms with van der Waals surface area (Å²) in [5.41, 5.74) is 3.58. The lowest BCUT2D eigenvalue weighted by atomic mass is 10.1. The molecule has 0 unspecified atom stereocenters. The normalized spacial score (nSPS) is 12.1. The Hall–Kier alpha value is -3.36. The summed E-state index contributed by atoms with van der Waals surface area (Å²) in [7, 11) is -4.16. The maximum Gasteiger partial charge on any atom is 0.264 e. The highest BCUT2D eigenvalue weighted by Gasteiger charge is 2.33. The second-order valence-corrected chi connectivity index (χ2v) is 12.2. The van der Waals surface area contributed by atoms with Crippen LogP contribution < -0.4 is 9.62 Å². The van der Waals surface area contributed by atoms with Crippen LogP contribution in [0.25, 0.3) is 0 Å². The topological polar surface area (TPSA) is 86.8 Å². The van der Waals surface area contributed by atoms with Crippen molar-refractivity contribution in [1.82, 2.24) is 10.2 Å². The predicted molar refractivity (Wildman–Crippen MR) is 161 cm³/mol. The summed E-state index contributed by atoms with van der Waals surface area (Å²) >= 11 is 6.38. The van der Waals surface area contributed by atoms with Crippen LogP contribution >= 0.6 is 11.6 Å². The second kappa shape index (κ2) is 13.8. The number of amides is 2. The summed E-state index contributed by atoms with van der Waals surface area (Å²) in [5, 5.41) is 3.28. The summed E-state index contributed by atoms with van der Waals surface area (Å²) in [6.07, 6.45) is 1.74. The molecule has 3 rings (SSSR count). The Labute approximate surface area is 243 Å². The van der Waals surface area contributed by atoms with Crippen LogP contribution in [0.1, 0.15) is 48.9 Å². The van der Waals surface area contributed by atoms with Crippen molar-refractivity contribution in [2.45, 2.75) is 64.9 Å². The van der Waals surface area contributed by atoms with E-state index < -0.39 is 28.5 Å². The summed E-state index contributed by atoms with van der Waals surface area (Å²) in [5.74, 6) is -0.793. The Morgan fingerprint density at radius 1 is 0.950 bits per heavy atom. The maximum atomic E-state index is 14.1. The fourth-order valence-corrected chi connectivity index (χ4v) is 5.95. The van der Waals surface area contributed by atoms with Gasteiger partial charge in [0.2, 0.25) is 11.8 Å². The Kier molecular flexibility index (Phi) is 10.8. The van der Waals surface area contributed by atoms with Crippen LogP contribution in [-0.4, -0.2) is 44.3 Å². The summed E-state index contributed by atoms with van der Waals surface area (Å²) < 4.78 is 29.1. The number of nitrogens with zero attached hydrogens (tertiary/aromatic N) is 2. The van der Waals surface area contributed by atoms with Crippen molar-refractivity contribution in [2.75, 3.05) is 17.4 Å². The molecule has 0 aliphatic heterocycles. The molecular formula is C31H38ClN3O4S. The van der Waals surface area contributed by atoms with Crippen LogP contribution in [0.3, 0.4) is 0 Å². The zero-order chi connectivity index (χ0) is 29.4. The van der Waals surface area contributed by atoms with E-state index in [1.165, 1.54) is 17.0 Å². The molecule has 0 saturated carbocycles. The van der Waals surface area contributed by atoms with E-state index in [2.05, 4.69) is 5.32 Å². The molecule has 0 aliphatic carbocycles. The number of rotatable bonds is 12. The van der Waals surface area contributed by atoms with Crippen molar-refractivity contribution in [3.63, 3.8) is 0 Å². The molecule has 3 aromatic carbocycles. The monoisotopic (exact) mass is 583 g/mol. The number of unbranched alkanes of at least 4 members (excludes halogenated alkanes) is 1. The van der Waals surface area contributed by atoms with Crippen LogP contribution in [-0.2, 0) is 26.2 Å². The fraction of sp³-hybridized carbons (Fsp3) is 0.355. The number of sulfonamides is 1. The number of carbonyl (C=O) groups excluding carboxylic acids is 2. The number of nitrogens with one attached hydrogen (secondary N) is 1. The first-order chi connectivity index (χ1) is 19.0. The number of hydrogen-bond acceptors (Lipinski definition) is 4. The summed E-state index contributed by atoms with van der Waals surface area (Å²) in [4.78, 5) is 28.6. The molecular weight excluding hydrogens is 546 g/mol. The molecule has 2 amide bonds. The van der Waals surface area contributed by atoms with Gasteiger partial charge in [-0.3, -0.25) is 13.9 Å². The van der Waals surface area contributed by atoms with Crippen LogP contribution in [0.15, 0.2) is 71.6 Å². The largest absolute Gasteiger partial charge is 0.354 e. The average molecular weight is 584 g/mol. The quantitative estimate of drug-likeness (QED) is 0.273. The van der Waals surface area contributed by atoms with Crippen LogP contribution in [0, 0.1) is 20.8 Å².